The summed E-state index contributed by atoms with van der Waals surface area (Å²) < 4.78 is 11.3. The molecule has 4 nitrogen and oxygen atoms in total. The number of hydrogen-bond acceptors (Lipinski definition) is 4. The molecule has 1 aromatic heterocycles. The minimum absolute atomic E-state index is 0.133. The number of methoxy groups -OCH3 is 1. The second-order valence-corrected chi connectivity index (χ2v) is 4.67. The van der Waals surface area contributed by atoms with E-state index in [4.69, 9.17) is 9.47 Å². The molecule has 100 valence electrons. The first kappa shape index (κ1) is 13.3. The van der Waals surface area contributed by atoms with Crippen LogP contribution in [0.5, 0.6) is 5.75 Å². The topological polar surface area (TPSA) is 43.4 Å². The predicted octanol–water partition coefficient (Wildman–Crippen LogP) is 2.31. The van der Waals surface area contributed by atoms with Crippen molar-refractivity contribution in [2.75, 3.05) is 20.3 Å². The smallest absolute Gasteiger partial charge is 0.137 e. The second kappa shape index (κ2) is 5.67. The summed E-state index contributed by atoms with van der Waals surface area (Å²) in [5, 5.41) is 3.56. The molecule has 1 saturated heterocycles. The van der Waals surface area contributed by atoms with Crippen LogP contribution in [0.1, 0.15) is 38.3 Å². The van der Waals surface area contributed by atoms with Crippen molar-refractivity contribution in [3.05, 3.63) is 24.0 Å². The molecule has 1 aliphatic heterocycles. The molecule has 2 rings (SSSR count). The molecule has 1 N–H and O–H groups in total. The molecular formula is C14H22N2O2. The number of rotatable bonds is 4. The highest BCUT2D eigenvalue weighted by atomic mass is 16.5. The first-order valence-electron chi connectivity index (χ1n) is 6.62. The first-order chi connectivity index (χ1) is 8.75. The van der Waals surface area contributed by atoms with E-state index in [1.165, 1.54) is 0 Å². The Morgan fingerprint density at radius 1 is 1.44 bits per heavy atom. The van der Waals surface area contributed by atoms with Crippen molar-refractivity contribution < 1.29 is 9.47 Å². The molecule has 0 aromatic carbocycles. The van der Waals surface area contributed by atoms with E-state index in [0.29, 0.717) is 0 Å². The predicted molar refractivity (Wildman–Crippen MR) is 70.8 cm³/mol. The maximum Gasteiger partial charge on any atom is 0.137 e. The standard InChI is InChI=1S/C14H22N2O2/c1-4-14(5-2)13(16-6-7-18-14)11-8-12(17-3)10-15-9-11/h8-10,13,16H,4-7H2,1-3H3. The molecule has 1 fully saturated rings. The van der Waals surface area contributed by atoms with Gasteiger partial charge in [0.25, 0.3) is 0 Å². The molecule has 0 saturated carbocycles. The summed E-state index contributed by atoms with van der Waals surface area (Å²) >= 11 is 0. The molecule has 0 spiro atoms. The molecule has 0 aliphatic carbocycles. The van der Waals surface area contributed by atoms with Crippen LogP contribution in [0.3, 0.4) is 0 Å². The van der Waals surface area contributed by atoms with E-state index in [0.717, 1.165) is 37.3 Å². The van der Waals surface area contributed by atoms with E-state index in [2.05, 4.69) is 24.1 Å². The largest absolute Gasteiger partial charge is 0.495 e. The number of nitrogens with zero attached hydrogens (tertiary/aromatic N) is 1. The molecular weight excluding hydrogens is 228 g/mol. The van der Waals surface area contributed by atoms with Crippen molar-refractivity contribution in [3.8, 4) is 5.75 Å². The van der Waals surface area contributed by atoms with Gasteiger partial charge in [-0.15, -0.1) is 0 Å². The Labute approximate surface area is 109 Å². The first-order valence-corrected chi connectivity index (χ1v) is 6.62. The summed E-state index contributed by atoms with van der Waals surface area (Å²) in [6, 6.07) is 2.23. The van der Waals surface area contributed by atoms with Gasteiger partial charge in [0, 0.05) is 12.7 Å². The van der Waals surface area contributed by atoms with E-state index in [1.807, 2.05) is 12.3 Å². The van der Waals surface area contributed by atoms with Crippen molar-refractivity contribution in [1.29, 1.82) is 0 Å². The van der Waals surface area contributed by atoms with E-state index in [1.54, 1.807) is 13.3 Å². The molecule has 1 unspecified atom stereocenters. The number of nitrogens with one attached hydrogen (secondary N) is 1. The van der Waals surface area contributed by atoms with E-state index >= 15 is 0 Å². The quantitative estimate of drug-likeness (QED) is 0.890. The van der Waals surface area contributed by atoms with Gasteiger partial charge in [-0.2, -0.15) is 0 Å². The van der Waals surface area contributed by atoms with Gasteiger partial charge in [-0.1, -0.05) is 13.8 Å². The third kappa shape index (κ3) is 2.35. The molecule has 0 amide bonds. The fourth-order valence-corrected chi connectivity index (χ4v) is 2.72. The Morgan fingerprint density at radius 2 is 2.22 bits per heavy atom. The SMILES string of the molecule is CCC1(CC)OCCNC1c1cncc(OC)c1. The zero-order valence-corrected chi connectivity index (χ0v) is 11.4. The highest BCUT2D eigenvalue weighted by Gasteiger charge is 2.40. The monoisotopic (exact) mass is 250 g/mol. The molecule has 4 heteroatoms. The fourth-order valence-electron chi connectivity index (χ4n) is 2.72. The summed E-state index contributed by atoms with van der Waals surface area (Å²) in [6.45, 7) is 6.01. The van der Waals surface area contributed by atoms with Gasteiger partial charge >= 0.3 is 0 Å². The number of aromatic nitrogens is 1. The Bertz CT molecular complexity index is 391. The van der Waals surface area contributed by atoms with Crippen LogP contribution < -0.4 is 10.1 Å². The Kier molecular flexibility index (Phi) is 4.19. The van der Waals surface area contributed by atoms with Crippen molar-refractivity contribution >= 4 is 0 Å². The molecule has 0 bridgehead atoms. The summed E-state index contributed by atoms with van der Waals surface area (Å²) in [7, 11) is 1.67. The van der Waals surface area contributed by atoms with Crippen LogP contribution in [0.4, 0.5) is 0 Å². The summed E-state index contributed by atoms with van der Waals surface area (Å²) in [6.07, 6.45) is 5.60. The lowest BCUT2D eigenvalue weighted by molar-refractivity contribution is -0.103. The molecule has 18 heavy (non-hydrogen) atoms. The van der Waals surface area contributed by atoms with Crippen molar-refractivity contribution in [3.63, 3.8) is 0 Å². The zero-order chi connectivity index (χ0) is 13.0. The molecule has 1 aliphatic rings. The molecule has 2 heterocycles. The van der Waals surface area contributed by atoms with Crippen LogP contribution in [0.2, 0.25) is 0 Å². The van der Waals surface area contributed by atoms with Crippen LogP contribution in [0, 0.1) is 0 Å². The average molecular weight is 250 g/mol. The van der Waals surface area contributed by atoms with Gasteiger partial charge in [-0.3, -0.25) is 4.98 Å². The fraction of sp³-hybridized carbons (Fsp3) is 0.643. The zero-order valence-electron chi connectivity index (χ0n) is 11.4. The Hall–Kier alpha value is -1.13. The third-order valence-corrected chi connectivity index (χ3v) is 3.87. The van der Waals surface area contributed by atoms with Crippen molar-refractivity contribution in [1.82, 2.24) is 10.3 Å². The number of morpholine rings is 1. The highest BCUT2D eigenvalue weighted by Crippen LogP contribution is 2.37. The van der Waals surface area contributed by atoms with Crippen LogP contribution >= 0.6 is 0 Å². The summed E-state index contributed by atoms with van der Waals surface area (Å²) in [5.74, 6) is 0.793. The van der Waals surface area contributed by atoms with E-state index < -0.39 is 0 Å². The van der Waals surface area contributed by atoms with Crippen LogP contribution in [0.25, 0.3) is 0 Å². The summed E-state index contributed by atoms with van der Waals surface area (Å²) in [5.41, 5.74) is 1.00. The lowest BCUT2D eigenvalue weighted by Crippen LogP contribution is -2.51. The van der Waals surface area contributed by atoms with Crippen LogP contribution in [0.15, 0.2) is 18.5 Å². The van der Waals surface area contributed by atoms with Gasteiger partial charge in [0.2, 0.25) is 0 Å². The van der Waals surface area contributed by atoms with Gasteiger partial charge in [0.05, 0.1) is 31.6 Å². The minimum Gasteiger partial charge on any atom is -0.495 e. The summed E-state index contributed by atoms with van der Waals surface area (Å²) in [4.78, 5) is 4.24. The molecule has 1 atom stereocenters. The van der Waals surface area contributed by atoms with Crippen molar-refractivity contribution in [2.24, 2.45) is 0 Å². The van der Waals surface area contributed by atoms with E-state index in [-0.39, 0.29) is 11.6 Å². The maximum atomic E-state index is 6.07. The lowest BCUT2D eigenvalue weighted by atomic mass is 9.83. The Morgan fingerprint density at radius 3 is 2.89 bits per heavy atom. The molecule has 1 aromatic rings. The number of hydrogen-bond donors (Lipinski definition) is 1. The van der Waals surface area contributed by atoms with Crippen molar-refractivity contribution in [2.45, 2.75) is 38.3 Å². The molecule has 0 radical (unpaired) electrons. The van der Waals surface area contributed by atoms with Gasteiger partial charge in [0.1, 0.15) is 5.75 Å². The van der Waals surface area contributed by atoms with Gasteiger partial charge in [-0.05, 0) is 24.5 Å². The maximum absolute atomic E-state index is 6.07. The Balaban J connectivity index is 2.33. The van der Waals surface area contributed by atoms with Crippen LogP contribution in [-0.2, 0) is 4.74 Å². The number of ether oxygens (including phenoxy) is 2. The van der Waals surface area contributed by atoms with Gasteiger partial charge in [0.15, 0.2) is 0 Å². The second-order valence-electron chi connectivity index (χ2n) is 4.67. The third-order valence-electron chi connectivity index (χ3n) is 3.87. The number of pyridine rings is 1. The lowest BCUT2D eigenvalue weighted by Gasteiger charge is -2.44. The van der Waals surface area contributed by atoms with Gasteiger partial charge < -0.3 is 14.8 Å². The average Bonchev–Trinajstić information content (AvgIpc) is 2.47. The normalized spacial score (nSPS) is 22.7. The van der Waals surface area contributed by atoms with Gasteiger partial charge in [-0.25, -0.2) is 0 Å². The minimum atomic E-state index is -0.133. The van der Waals surface area contributed by atoms with E-state index in [9.17, 15) is 0 Å². The van der Waals surface area contributed by atoms with Crippen LogP contribution in [-0.4, -0.2) is 30.8 Å². The highest BCUT2D eigenvalue weighted by molar-refractivity contribution is 5.28.